The summed E-state index contributed by atoms with van der Waals surface area (Å²) in [5, 5.41) is 0. The normalized spacial score (nSPS) is 32.8. The molecule has 1 heterocycles. The zero-order valence-corrected chi connectivity index (χ0v) is 13.5. The summed E-state index contributed by atoms with van der Waals surface area (Å²) in [6, 6.07) is 7.01. The topological polar surface area (TPSA) is 18.5 Å². The maximum absolute atomic E-state index is 13.0. The first-order chi connectivity index (χ1) is 10.8. The minimum atomic E-state index is -0.150. The summed E-state index contributed by atoms with van der Waals surface area (Å²) in [6.45, 7) is 3.93. The van der Waals surface area contributed by atoms with Crippen LogP contribution < -0.4 is 0 Å². The van der Waals surface area contributed by atoms with Crippen molar-refractivity contribution in [3.63, 3.8) is 0 Å². The molecule has 2 nitrogen and oxygen atoms in total. The number of rotatable bonds is 4. The highest BCUT2D eigenvalue weighted by Crippen LogP contribution is 2.39. The molecule has 1 saturated heterocycles. The summed E-state index contributed by atoms with van der Waals surface area (Å²) in [5.41, 5.74) is 1.27. The van der Waals surface area contributed by atoms with E-state index in [1.165, 1.54) is 18.4 Å². The van der Waals surface area contributed by atoms with Crippen LogP contribution in [0, 0.1) is 17.7 Å². The summed E-state index contributed by atoms with van der Waals surface area (Å²) in [5.74, 6) is 1.52. The third-order valence-corrected chi connectivity index (χ3v) is 5.19. The van der Waals surface area contributed by atoms with Crippen LogP contribution in [0.15, 0.2) is 24.3 Å². The van der Waals surface area contributed by atoms with Crippen LogP contribution in [0.5, 0.6) is 0 Å². The second-order valence-electron chi connectivity index (χ2n) is 6.85. The predicted molar refractivity (Wildman–Crippen MR) is 85.2 cm³/mol. The SMILES string of the molecule is CCC[C@H]1CO[C@H](C2CCC(c3ccc(F)cc3)CC2)OC1. The number of benzene rings is 1. The Morgan fingerprint density at radius 1 is 1.00 bits per heavy atom. The first-order valence-electron chi connectivity index (χ1n) is 8.75. The van der Waals surface area contributed by atoms with Crippen LogP contribution in [0.1, 0.15) is 56.9 Å². The lowest BCUT2D eigenvalue weighted by Crippen LogP contribution is -2.38. The van der Waals surface area contributed by atoms with Crippen LogP contribution in [-0.4, -0.2) is 19.5 Å². The number of hydrogen-bond donors (Lipinski definition) is 0. The summed E-state index contributed by atoms with van der Waals surface area (Å²) in [7, 11) is 0. The maximum Gasteiger partial charge on any atom is 0.160 e. The van der Waals surface area contributed by atoms with Crippen LogP contribution in [-0.2, 0) is 9.47 Å². The second-order valence-corrected chi connectivity index (χ2v) is 6.85. The molecule has 0 atom stereocenters. The van der Waals surface area contributed by atoms with Gasteiger partial charge in [-0.2, -0.15) is 0 Å². The van der Waals surface area contributed by atoms with E-state index in [1.54, 1.807) is 12.1 Å². The molecule has 1 aliphatic carbocycles. The van der Waals surface area contributed by atoms with Crippen molar-refractivity contribution in [2.45, 2.75) is 57.7 Å². The van der Waals surface area contributed by atoms with E-state index in [2.05, 4.69) is 6.92 Å². The van der Waals surface area contributed by atoms with Gasteiger partial charge in [-0.1, -0.05) is 25.5 Å². The molecule has 3 heteroatoms. The average Bonchev–Trinajstić information content (AvgIpc) is 2.57. The van der Waals surface area contributed by atoms with Gasteiger partial charge in [0.15, 0.2) is 6.29 Å². The molecule has 1 aromatic carbocycles. The summed E-state index contributed by atoms with van der Waals surface area (Å²) < 4.78 is 24.9. The number of hydrogen-bond acceptors (Lipinski definition) is 2. The van der Waals surface area contributed by atoms with E-state index in [1.807, 2.05) is 12.1 Å². The first kappa shape index (κ1) is 15.9. The molecule has 1 saturated carbocycles. The van der Waals surface area contributed by atoms with Gasteiger partial charge in [-0.05, 0) is 55.7 Å². The Hall–Kier alpha value is -0.930. The van der Waals surface area contributed by atoms with Gasteiger partial charge >= 0.3 is 0 Å². The molecule has 0 unspecified atom stereocenters. The van der Waals surface area contributed by atoms with Crippen molar-refractivity contribution < 1.29 is 13.9 Å². The minimum Gasteiger partial charge on any atom is -0.352 e. The molecule has 2 fully saturated rings. The fourth-order valence-corrected chi connectivity index (χ4v) is 3.86. The summed E-state index contributed by atoms with van der Waals surface area (Å²) in [4.78, 5) is 0. The third-order valence-electron chi connectivity index (χ3n) is 5.19. The zero-order valence-electron chi connectivity index (χ0n) is 13.5. The van der Waals surface area contributed by atoms with E-state index < -0.39 is 0 Å². The van der Waals surface area contributed by atoms with Gasteiger partial charge in [-0.3, -0.25) is 0 Å². The summed E-state index contributed by atoms with van der Waals surface area (Å²) >= 11 is 0. The van der Waals surface area contributed by atoms with Gasteiger partial charge in [0.2, 0.25) is 0 Å². The molecule has 22 heavy (non-hydrogen) atoms. The fraction of sp³-hybridized carbons (Fsp3) is 0.684. The van der Waals surface area contributed by atoms with Crippen LogP contribution in [0.4, 0.5) is 4.39 Å². The largest absolute Gasteiger partial charge is 0.352 e. The molecule has 0 radical (unpaired) electrons. The Labute approximate surface area is 133 Å². The Kier molecular flexibility index (Phi) is 5.48. The predicted octanol–water partition coefficient (Wildman–Crippen LogP) is 4.89. The van der Waals surface area contributed by atoms with Crippen LogP contribution in [0.3, 0.4) is 0 Å². The first-order valence-corrected chi connectivity index (χ1v) is 8.75. The van der Waals surface area contributed by atoms with E-state index >= 15 is 0 Å². The van der Waals surface area contributed by atoms with Crippen molar-refractivity contribution in [2.75, 3.05) is 13.2 Å². The fourth-order valence-electron chi connectivity index (χ4n) is 3.86. The zero-order chi connectivity index (χ0) is 15.4. The monoisotopic (exact) mass is 306 g/mol. The Morgan fingerprint density at radius 2 is 1.64 bits per heavy atom. The molecule has 3 rings (SSSR count). The van der Waals surface area contributed by atoms with Crippen LogP contribution in [0.25, 0.3) is 0 Å². The van der Waals surface area contributed by atoms with Crippen molar-refractivity contribution >= 4 is 0 Å². The lowest BCUT2D eigenvalue weighted by Gasteiger charge is -2.37. The molecule has 0 amide bonds. The maximum atomic E-state index is 13.0. The van der Waals surface area contributed by atoms with Gasteiger partial charge in [-0.25, -0.2) is 4.39 Å². The third kappa shape index (κ3) is 3.88. The molecule has 2 aliphatic rings. The van der Waals surface area contributed by atoms with Crippen molar-refractivity contribution in [3.05, 3.63) is 35.6 Å². The van der Waals surface area contributed by atoms with Crippen LogP contribution >= 0.6 is 0 Å². The van der Waals surface area contributed by atoms with Gasteiger partial charge < -0.3 is 9.47 Å². The van der Waals surface area contributed by atoms with Crippen molar-refractivity contribution in [1.29, 1.82) is 0 Å². The molecule has 0 bridgehead atoms. The van der Waals surface area contributed by atoms with Crippen molar-refractivity contribution in [2.24, 2.45) is 11.8 Å². The van der Waals surface area contributed by atoms with Crippen molar-refractivity contribution in [1.82, 2.24) is 0 Å². The van der Waals surface area contributed by atoms with E-state index in [0.717, 1.165) is 38.9 Å². The molecule has 1 aliphatic heterocycles. The number of ether oxygens (including phenoxy) is 2. The van der Waals surface area contributed by atoms with Crippen LogP contribution in [0.2, 0.25) is 0 Å². The van der Waals surface area contributed by atoms with Gasteiger partial charge in [0, 0.05) is 11.8 Å². The highest BCUT2D eigenvalue weighted by molar-refractivity contribution is 5.20. The summed E-state index contributed by atoms with van der Waals surface area (Å²) in [6.07, 6.45) is 6.99. The van der Waals surface area contributed by atoms with Gasteiger partial charge in [0.05, 0.1) is 13.2 Å². The van der Waals surface area contributed by atoms with E-state index in [9.17, 15) is 4.39 Å². The van der Waals surface area contributed by atoms with Gasteiger partial charge in [0.25, 0.3) is 0 Å². The Morgan fingerprint density at radius 3 is 2.23 bits per heavy atom. The van der Waals surface area contributed by atoms with E-state index in [0.29, 0.717) is 17.8 Å². The minimum absolute atomic E-state index is 0.00211. The lowest BCUT2D eigenvalue weighted by atomic mass is 9.78. The molecule has 1 aromatic rings. The Balaban J connectivity index is 1.47. The number of halogens is 1. The smallest absolute Gasteiger partial charge is 0.160 e. The lowest BCUT2D eigenvalue weighted by molar-refractivity contribution is -0.229. The molecular formula is C19H27FO2. The van der Waals surface area contributed by atoms with E-state index in [-0.39, 0.29) is 12.1 Å². The molecule has 0 aromatic heterocycles. The molecule has 0 spiro atoms. The Bertz CT molecular complexity index is 443. The molecule has 122 valence electrons. The highest BCUT2D eigenvalue weighted by Gasteiger charge is 2.32. The van der Waals surface area contributed by atoms with E-state index in [4.69, 9.17) is 9.47 Å². The average molecular weight is 306 g/mol. The second kappa shape index (κ2) is 7.56. The van der Waals surface area contributed by atoms with Crippen molar-refractivity contribution in [3.8, 4) is 0 Å². The highest BCUT2D eigenvalue weighted by atomic mass is 19.1. The van der Waals surface area contributed by atoms with Gasteiger partial charge in [0.1, 0.15) is 5.82 Å². The van der Waals surface area contributed by atoms with Gasteiger partial charge in [-0.15, -0.1) is 0 Å². The molecule has 0 N–H and O–H groups in total. The quantitative estimate of drug-likeness (QED) is 0.788. The molecular weight excluding hydrogens is 279 g/mol. The standard InChI is InChI=1S/C19H27FO2/c1-2-3-14-12-21-19(22-13-14)17-6-4-15(5-7-17)16-8-10-18(20)11-9-16/h8-11,14-15,17,19H,2-7,12-13H2,1H3/t14-,15?,17?,19-.